The maximum absolute atomic E-state index is 12.5. The smallest absolute Gasteiger partial charge is 0.341 e. The summed E-state index contributed by atoms with van der Waals surface area (Å²) >= 11 is 0. The van der Waals surface area contributed by atoms with E-state index in [-0.39, 0.29) is 24.5 Å². The Hall–Kier alpha value is -2.87. The molecule has 5 heteroatoms. The van der Waals surface area contributed by atoms with Crippen LogP contribution in [-0.4, -0.2) is 22.9 Å². The lowest BCUT2D eigenvalue weighted by Gasteiger charge is -2.10. The number of Topliss-reactive ketones (excluding diaryl/α,β-unsaturated/α-hetero) is 1. The highest BCUT2D eigenvalue weighted by molar-refractivity contribution is 6.10. The van der Waals surface area contributed by atoms with Crippen LogP contribution in [0.3, 0.4) is 0 Å². The lowest BCUT2D eigenvalue weighted by atomic mass is 10.0. The Kier molecular flexibility index (Phi) is 4.97. The highest BCUT2D eigenvalue weighted by Crippen LogP contribution is 2.32. The average molecular weight is 310 g/mol. The summed E-state index contributed by atoms with van der Waals surface area (Å²) in [4.78, 5) is 24.6. The van der Waals surface area contributed by atoms with E-state index in [1.54, 1.807) is 18.4 Å². The molecule has 0 unspecified atom stereocenters. The first-order valence-corrected chi connectivity index (χ1v) is 7.36. The molecule has 0 aliphatic heterocycles. The summed E-state index contributed by atoms with van der Waals surface area (Å²) in [6.45, 7) is 5.13. The molecule has 0 atom stereocenters. The Morgan fingerprint density at radius 2 is 1.87 bits per heavy atom. The summed E-state index contributed by atoms with van der Waals surface area (Å²) in [6, 6.07) is 11.3. The Morgan fingerprint density at radius 1 is 1.22 bits per heavy atom. The van der Waals surface area contributed by atoms with Gasteiger partial charge >= 0.3 is 5.97 Å². The number of aromatic nitrogens is 1. The molecule has 0 fully saturated rings. The number of benzene rings is 1. The fourth-order valence-electron chi connectivity index (χ4n) is 2.73. The number of rotatable bonds is 5. The van der Waals surface area contributed by atoms with Gasteiger partial charge in [0.1, 0.15) is 6.54 Å². The molecule has 0 aliphatic rings. The maximum Gasteiger partial charge on any atom is 0.341 e. The standard InChI is InChI=1S/C18H18N2O3/c1-4-23-18(22)16-15(13(3)21)12(2)20(11-10-19)17(16)14-8-6-5-7-9-14/h5-9H,4,11H2,1-3H3. The van der Waals surface area contributed by atoms with Crippen molar-refractivity contribution in [1.29, 1.82) is 5.26 Å². The van der Waals surface area contributed by atoms with Crippen LogP contribution in [0, 0.1) is 18.3 Å². The third-order valence-electron chi connectivity index (χ3n) is 3.63. The third-order valence-corrected chi connectivity index (χ3v) is 3.63. The molecule has 2 rings (SSSR count). The number of hydrogen-bond donors (Lipinski definition) is 0. The molecular weight excluding hydrogens is 292 g/mol. The van der Waals surface area contributed by atoms with Crippen molar-refractivity contribution in [3.05, 3.63) is 47.2 Å². The van der Waals surface area contributed by atoms with Crippen LogP contribution in [0.2, 0.25) is 0 Å². The van der Waals surface area contributed by atoms with Gasteiger partial charge in [-0.3, -0.25) is 4.79 Å². The Labute approximate surface area is 135 Å². The minimum Gasteiger partial charge on any atom is -0.462 e. The zero-order chi connectivity index (χ0) is 17.0. The van der Waals surface area contributed by atoms with E-state index in [0.717, 1.165) is 5.56 Å². The monoisotopic (exact) mass is 310 g/mol. The molecule has 2 aromatic rings. The van der Waals surface area contributed by atoms with Crippen LogP contribution in [0.5, 0.6) is 0 Å². The van der Waals surface area contributed by atoms with Crippen molar-refractivity contribution in [2.45, 2.75) is 27.3 Å². The molecule has 0 N–H and O–H groups in total. The molecule has 0 saturated carbocycles. The summed E-state index contributed by atoms with van der Waals surface area (Å²) in [5, 5.41) is 9.12. The van der Waals surface area contributed by atoms with Crippen molar-refractivity contribution < 1.29 is 14.3 Å². The molecule has 0 spiro atoms. The highest BCUT2D eigenvalue weighted by Gasteiger charge is 2.29. The number of ether oxygens (including phenoxy) is 1. The van der Waals surface area contributed by atoms with E-state index in [1.807, 2.05) is 30.3 Å². The van der Waals surface area contributed by atoms with E-state index in [1.165, 1.54) is 6.92 Å². The summed E-state index contributed by atoms with van der Waals surface area (Å²) < 4.78 is 6.83. The van der Waals surface area contributed by atoms with Gasteiger partial charge in [-0.1, -0.05) is 30.3 Å². The molecule has 0 saturated heterocycles. The van der Waals surface area contributed by atoms with Crippen LogP contribution in [0.15, 0.2) is 30.3 Å². The van der Waals surface area contributed by atoms with Crippen LogP contribution in [-0.2, 0) is 11.3 Å². The first-order chi connectivity index (χ1) is 11.0. The van der Waals surface area contributed by atoms with Gasteiger partial charge in [-0.2, -0.15) is 5.26 Å². The molecule has 5 nitrogen and oxygen atoms in total. The van der Waals surface area contributed by atoms with Crippen molar-refractivity contribution in [3.63, 3.8) is 0 Å². The van der Waals surface area contributed by atoms with Gasteiger partial charge in [-0.25, -0.2) is 4.79 Å². The van der Waals surface area contributed by atoms with Gasteiger partial charge in [0.15, 0.2) is 5.78 Å². The summed E-state index contributed by atoms with van der Waals surface area (Å²) in [7, 11) is 0. The van der Waals surface area contributed by atoms with Crippen molar-refractivity contribution in [3.8, 4) is 17.3 Å². The van der Waals surface area contributed by atoms with Gasteiger partial charge in [0.25, 0.3) is 0 Å². The lowest BCUT2D eigenvalue weighted by Crippen LogP contribution is -2.10. The molecule has 1 aromatic carbocycles. The normalized spacial score (nSPS) is 10.2. The molecule has 1 heterocycles. The first-order valence-electron chi connectivity index (χ1n) is 7.36. The number of esters is 1. The number of ketones is 1. The molecular formula is C18H18N2O3. The van der Waals surface area contributed by atoms with E-state index in [4.69, 9.17) is 10.00 Å². The Morgan fingerprint density at radius 3 is 2.39 bits per heavy atom. The summed E-state index contributed by atoms with van der Waals surface area (Å²) in [5.41, 5.74) is 2.46. The number of nitrogens with zero attached hydrogens (tertiary/aromatic N) is 2. The highest BCUT2D eigenvalue weighted by atomic mass is 16.5. The van der Waals surface area contributed by atoms with Gasteiger partial charge in [-0.05, 0) is 26.3 Å². The van der Waals surface area contributed by atoms with Crippen LogP contribution in [0.25, 0.3) is 11.3 Å². The number of nitriles is 1. The summed E-state index contributed by atoms with van der Waals surface area (Å²) in [5.74, 6) is -0.768. The zero-order valence-corrected chi connectivity index (χ0v) is 13.4. The maximum atomic E-state index is 12.5. The predicted molar refractivity (Wildman–Crippen MR) is 86.2 cm³/mol. The predicted octanol–water partition coefficient (Wildman–Crippen LogP) is 3.37. The average Bonchev–Trinajstić information content (AvgIpc) is 2.82. The van der Waals surface area contributed by atoms with E-state index >= 15 is 0 Å². The lowest BCUT2D eigenvalue weighted by molar-refractivity contribution is 0.0524. The second-order valence-corrected chi connectivity index (χ2v) is 5.07. The SMILES string of the molecule is CCOC(=O)c1c(C(C)=O)c(C)n(CC#N)c1-c1ccccc1. The van der Waals surface area contributed by atoms with Crippen molar-refractivity contribution in [2.75, 3.05) is 6.61 Å². The number of carbonyl (C=O) groups excluding carboxylic acids is 2. The second kappa shape index (κ2) is 6.93. The zero-order valence-electron chi connectivity index (χ0n) is 13.4. The van der Waals surface area contributed by atoms with Crippen LogP contribution in [0.1, 0.15) is 40.3 Å². The fourth-order valence-corrected chi connectivity index (χ4v) is 2.73. The molecule has 0 bridgehead atoms. The largest absolute Gasteiger partial charge is 0.462 e. The molecule has 1 aromatic heterocycles. The van der Waals surface area contributed by atoms with Gasteiger partial charge in [0.2, 0.25) is 0 Å². The van der Waals surface area contributed by atoms with E-state index in [0.29, 0.717) is 17.0 Å². The van der Waals surface area contributed by atoms with E-state index in [2.05, 4.69) is 6.07 Å². The first kappa shape index (κ1) is 16.5. The van der Waals surface area contributed by atoms with Gasteiger partial charge in [0.05, 0.1) is 29.5 Å². The molecule has 0 aliphatic carbocycles. The molecule has 118 valence electrons. The molecule has 0 amide bonds. The fraction of sp³-hybridized carbons (Fsp3) is 0.278. The van der Waals surface area contributed by atoms with E-state index in [9.17, 15) is 9.59 Å². The second-order valence-electron chi connectivity index (χ2n) is 5.07. The van der Waals surface area contributed by atoms with Crippen LogP contribution >= 0.6 is 0 Å². The van der Waals surface area contributed by atoms with Crippen LogP contribution in [0.4, 0.5) is 0 Å². The van der Waals surface area contributed by atoms with Crippen LogP contribution < -0.4 is 0 Å². The van der Waals surface area contributed by atoms with Crippen molar-refractivity contribution in [1.82, 2.24) is 4.57 Å². The third kappa shape index (κ3) is 3.02. The minimum atomic E-state index is -0.545. The van der Waals surface area contributed by atoms with Gasteiger partial charge in [-0.15, -0.1) is 0 Å². The Bertz CT molecular complexity index is 783. The number of carbonyl (C=O) groups is 2. The molecule has 23 heavy (non-hydrogen) atoms. The minimum absolute atomic E-state index is 0.0513. The van der Waals surface area contributed by atoms with Crippen molar-refractivity contribution >= 4 is 11.8 Å². The van der Waals surface area contributed by atoms with E-state index < -0.39 is 5.97 Å². The quantitative estimate of drug-likeness (QED) is 0.627. The van der Waals surface area contributed by atoms with Gasteiger partial charge in [0, 0.05) is 5.69 Å². The van der Waals surface area contributed by atoms with Gasteiger partial charge < -0.3 is 9.30 Å². The number of hydrogen-bond acceptors (Lipinski definition) is 4. The molecule has 0 radical (unpaired) electrons. The summed E-state index contributed by atoms with van der Waals surface area (Å²) in [6.07, 6.45) is 0. The Balaban J connectivity index is 2.85. The van der Waals surface area contributed by atoms with Crippen molar-refractivity contribution in [2.24, 2.45) is 0 Å². The topological polar surface area (TPSA) is 72.1 Å².